The first-order valence-electron chi connectivity index (χ1n) is 29.6. The zero-order chi connectivity index (χ0) is 56.2. The standard InChI is InChI=1S/C81H69N/c1-77(2,3)53-35-44-72-67(47-53)68-48-54(78(4,5)6)36-45-73(68)81(72)71-29-18-15-23-61(71)64-43-41-57(49-75(64)81)82(55-37-30-50(31-38-55)52-34-42-63-60-22-13-16-27-69(60)79(7,8)74(63)46-52)56-39-32-51(33-40-56)58-20-11-12-21-59(58)65-25-19-26-66-62-24-14-17-28-70(62)80(9,10)76(65)66/h11-49H,1-10H3. The minimum absolute atomic E-state index is 0.00695. The molecule has 0 radical (unpaired) electrons. The molecule has 0 heterocycles. The molecule has 0 amide bonds. The lowest BCUT2D eigenvalue weighted by Crippen LogP contribution is -2.26. The van der Waals surface area contributed by atoms with Crippen molar-refractivity contribution >= 4 is 17.1 Å². The van der Waals surface area contributed by atoms with Crippen LogP contribution in [0.25, 0.3) is 77.9 Å². The maximum absolute atomic E-state index is 2.54. The summed E-state index contributed by atoms with van der Waals surface area (Å²) >= 11 is 0. The number of fused-ring (bicyclic) bond motifs is 16. The fourth-order valence-electron chi connectivity index (χ4n) is 15.2. The molecule has 82 heavy (non-hydrogen) atoms. The number of rotatable bonds is 6. The van der Waals surface area contributed by atoms with Crippen LogP contribution < -0.4 is 4.90 Å². The summed E-state index contributed by atoms with van der Waals surface area (Å²) in [7, 11) is 0. The summed E-state index contributed by atoms with van der Waals surface area (Å²) in [6, 6.07) is 90.9. The molecule has 0 fully saturated rings. The second-order valence-electron chi connectivity index (χ2n) is 26.9. The summed E-state index contributed by atoms with van der Waals surface area (Å²) in [6.45, 7) is 23.5. The molecule has 0 bridgehead atoms. The van der Waals surface area contributed by atoms with Gasteiger partial charge in [-0.2, -0.15) is 0 Å². The summed E-state index contributed by atoms with van der Waals surface area (Å²) in [6.07, 6.45) is 0. The predicted octanol–water partition coefficient (Wildman–Crippen LogP) is 21.7. The number of benzene rings is 11. The molecular weight excluding hydrogens is 987 g/mol. The van der Waals surface area contributed by atoms with Gasteiger partial charge in [-0.05, 0) is 187 Å². The molecule has 1 nitrogen and oxygen atoms in total. The average molecular weight is 1060 g/mol. The van der Waals surface area contributed by atoms with Gasteiger partial charge < -0.3 is 4.90 Å². The van der Waals surface area contributed by atoms with E-state index in [1.54, 1.807) is 0 Å². The molecule has 0 aromatic heterocycles. The van der Waals surface area contributed by atoms with Crippen LogP contribution in [0.15, 0.2) is 237 Å². The molecule has 11 aromatic carbocycles. The Bertz CT molecular complexity index is 4390. The molecule has 1 heteroatoms. The number of nitrogens with zero attached hydrogens (tertiary/aromatic N) is 1. The molecule has 0 aliphatic heterocycles. The van der Waals surface area contributed by atoms with Crippen molar-refractivity contribution < 1.29 is 0 Å². The van der Waals surface area contributed by atoms with E-state index in [1.165, 1.54) is 134 Å². The van der Waals surface area contributed by atoms with E-state index in [2.05, 4.69) is 311 Å². The van der Waals surface area contributed by atoms with Crippen molar-refractivity contribution in [2.45, 2.75) is 96.3 Å². The van der Waals surface area contributed by atoms with Gasteiger partial charge in [0.15, 0.2) is 0 Å². The van der Waals surface area contributed by atoms with Crippen molar-refractivity contribution in [3.05, 3.63) is 292 Å². The van der Waals surface area contributed by atoms with Crippen LogP contribution >= 0.6 is 0 Å². The maximum atomic E-state index is 2.54. The molecule has 0 N–H and O–H groups in total. The second kappa shape index (κ2) is 17.6. The first kappa shape index (κ1) is 50.2. The molecule has 0 saturated heterocycles. The molecule has 398 valence electrons. The fraction of sp³-hybridized carbons (Fsp3) is 0.185. The number of hydrogen-bond acceptors (Lipinski definition) is 1. The van der Waals surface area contributed by atoms with Crippen LogP contribution in [-0.2, 0) is 27.1 Å². The summed E-state index contributed by atoms with van der Waals surface area (Å²) in [5.74, 6) is 0. The summed E-state index contributed by atoms with van der Waals surface area (Å²) in [5, 5.41) is 0. The Kier molecular flexibility index (Phi) is 10.8. The molecule has 1 spiro atoms. The van der Waals surface area contributed by atoms with Gasteiger partial charge in [-0.25, -0.2) is 0 Å². The lowest BCUT2D eigenvalue weighted by atomic mass is 9.70. The minimum Gasteiger partial charge on any atom is -0.310 e. The SMILES string of the molecule is CC(C)(C)c1ccc2c(c1)-c1cc(C(C)(C)C)ccc1C21c2ccccc2-c2ccc(N(c3ccc(-c4ccc5c(c4)C(C)(C)c4ccccc4-5)cc3)c3ccc(-c4ccccc4-c4cccc5c4C(C)(C)c4ccccc4-5)cc3)cc21. The highest BCUT2D eigenvalue weighted by Crippen LogP contribution is 2.64. The Morgan fingerprint density at radius 1 is 0.256 bits per heavy atom. The van der Waals surface area contributed by atoms with Gasteiger partial charge in [0.05, 0.1) is 5.41 Å². The molecule has 4 aliphatic rings. The van der Waals surface area contributed by atoms with E-state index in [0.717, 1.165) is 17.1 Å². The van der Waals surface area contributed by atoms with Crippen molar-refractivity contribution in [3.8, 4) is 77.9 Å². The smallest absolute Gasteiger partial charge is 0.0726 e. The molecule has 0 saturated carbocycles. The molecule has 15 rings (SSSR count). The molecule has 0 atom stereocenters. The van der Waals surface area contributed by atoms with Crippen molar-refractivity contribution in [1.29, 1.82) is 0 Å². The van der Waals surface area contributed by atoms with Crippen LogP contribution in [0.1, 0.15) is 125 Å². The van der Waals surface area contributed by atoms with Gasteiger partial charge in [0.25, 0.3) is 0 Å². The highest BCUT2D eigenvalue weighted by atomic mass is 15.1. The Labute approximate surface area is 485 Å². The van der Waals surface area contributed by atoms with Gasteiger partial charge >= 0.3 is 0 Å². The van der Waals surface area contributed by atoms with Crippen LogP contribution in [0.2, 0.25) is 0 Å². The predicted molar refractivity (Wildman–Crippen MR) is 346 cm³/mol. The van der Waals surface area contributed by atoms with E-state index in [-0.39, 0.29) is 21.7 Å². The third kappa shape index (κ3) is 7.18. The Balaban J connectivity index is 0.897. The summed E-state index contributed by atoms with van der Waals surface area (Å²) in [4.78, 5) is 2.49. The normalized spacial score (nSPS) is 15.0. The average Bonchev–Trinajstić information content (AvgIpc) is 2.03. The summed E-state index contributed by atoms with van der Waals surface area (Å²) in [5.41, 5.74) is 34.3. The van der Waals surface area contributed by atoms with Crippen molar-refractivity contribution in [3.63, 3.8) is 0 Å². The monoisotopic (exact) mass is 1060 g/mol. The van der Waals surface area contributed by atoms with E-state index in [0.29, 0.717) is 0 Å². The lowest BCUT2D eigenvalue weighted by Gasteiger charge is -2.33. The topological polar surface area (TPSA) is 3.24 Å². The largest absolute Gasteiger partial charge is 0.310 e. The third-order valence-electron chi connectivity index (χ3n) is 19.4. The van der Waals surface area contributed by atoms with E-state index in [1.807, 2.05) is 0 Å². The molecular formula is C81H69N. The molecule has 4 aliphatic carbocycles. The quantitative estimate of drug-likeness (QED) is 0.160. The molecule has 0 unspecified atom stereocenters. The Morgan fingerprint density at radius 3 is 1.24 bits per heavy atom. The van der Waals surface area contributed by atoms with E-state index >= 15 is 0 Å². The maximum Gasteiger partial charge on any atom is 0.0726 e. The first-order chi connectivity index (χ1) is 39.4. The number of anilines is 3. The van der Waals surface area contributed by atoms with Gasteiger partial charge in [-0.1, -0.05) is 263 Å². The Hall–Kier alpha value is -8.78. The van der Waals surface area contributed by atoms with Crippen LogP contribution in [0.5, 0.6) is 0 Å². The highest BCUT2D eigenvalue weighted by molar-refractivity contribution is 5.98. The lowest BCUT2D eigenvalue weighted by molar-refractivity contribution is 0.589. The molecule has 11 aromatic rings. The zero-order valence-corrected chi connectivity index (χ0v) is 49.0. The fourth-order valence-corrected chi connectivity index (χ4v) is 15.2. The minimum atomic E-state index is -0.517. The van der Waals surface area contributed by atoms with Crippen LogP contribution in [0, 0.1) is 0 Å². The van der Waals surface area contributed by atoms with Crippen molar-refractivity contribution in [2.24, 2.45) is 0 Å². The van der Waals surface area contributed by atoms with E-state index in [4.69, 9.17) is 0 Å². The third-order valence-corrected chi connectivity index (χ3v) is 19.4. The van der Waals surface area contributed by atoms with Gasteiger partial charge in [0.1, 0.15) is 0 Å². The Morgan fingerprint density at radius 2 is 0.659 bits per heavy atom. The highest BCUT2D eigenvalue weighted by Gasteiger charge is 2.52. The van der Waals surface area contributed by atoms with Gasteiger partial charge in [0, 0.05) is 27.9 Å². The van der Waals surface area contributed by atoms with Gasteiger partial charge in [-0.15, -0.1) is 0 Å². The first-order valence-corrected chi connectivity index (χ1v) is 29.6. The van der Waals surface area contributed by atoms with E-state index < -0.39 is 5.41 Å². The van der Waals surface area contributed by atoms with Crippen LogP contribution in [-0.4, -0.2) is 0 Å². The van der Waals surface area contributed by atoms with Gasteiger partial charge in [0.2, 0.25) is 0 Å². The zero-order valence-electron chi connectivity index (χ0n) is 49.0. The number of hydrogen-bond donors (Lipinski definition) is 0. The van der Waals surface area contributed by atoms with Crippen LogP contribution in [0.3, 0.4) is 0 Å². The summed E-state index contributed by atoms with van der Waals surface area (Å²) < 4.78 is 0. The van der Waals surface area contributed by atoms with Gasteiger partial charge in [-0.3, -0.25) is 0 Å². The van der Waals surface area contributed by atoms with Crippen LogP contribution in [0.4, 0.5) is 17.1 Å². The second-order valence-corrected chi connectivity index (χ2v) is 26.9. The van der Waals surface area contributed by atoms with Crippen molar-refractivity contribution in [1.82, 2.24) is 0 Å². The van der Waals surface area contributed by atoms with E-state index in [9.17, 15) is 0 Å². The van der Waals surface area contributed by atoms with Crippen molar-refractivity contribution in [2.75, 3.05) is 4.90 Å².